The minimum absolute atomic E-state index is 0.0679. The Balaban J connectivity index is 1.75. The van der Waals surface area contributed by atoms with Crippen molar-refractivity contribution >= 4 is 45.2 Å². The summed E-state index contributed by atoms with van der Waals surface area (Å²) in [6, 6.07) is 12.8. The van der Waals surface area contributed by atoms with Crippen LogP contribution in [-0.4, -0.2) is 32.3 Å². The van der Waals surface area contributed by atoms with Crippen molar-refractivity contribution in [2.45, 2.75) is 45.4 Å². The van der Waals surface area contributed by atoms with E-state index in [0.717, 1.165) is 21.3 Å². The molecule has 0 spiro atoms. The average molecular weight is 557 g/mol. The molecule has 7 nitrogen and oxygen atoms in total. The highest BCUT2D eigenvalue weighted by Crippen LogP contribution is 2.26. The molecule has 0 bridgehead atoms. The molecule has 3 aromatic rings. The lowest BCUT2D eigenvalue weighted by atomic mass is 10.0. The first-order chi connectivity index (χ1) is 16.7. The largest absolute Gasteiger partial charge is 0.342 e. The molecule has 35 heavy (non-hydrogen) atoms. The molecule has 2 N–H and O–H groups in total. The number of halogens is 1. The fourth-order valence-corrected chi connectivity index (χ4v) is 4.53. The molecule has 2 aromatic carbocycles. The van der Waals surface area contributed by atoms with Crippen LogP contribution in [0.3, 0.4) is 0 Å². The first kappa shape index (κ1) is 26.7. The smallest absolute Gasteiger partial charge is 0.251 e. The number of anilines is 1. The molecular formula is C26H30BrN5O2S. The Bertz CT molecular complexity index is 1220. The molecule has 0 aliphatic heterocycles. The van der Waals surface area contributed by atoms with Gasteiger partial charge in [0.25, 0.3) is 5.91 Å². The minimum Gasteiger partial charge on any atom is -0.342 e. The first-order valence-corrected chi connectivity index (χ1v) is 13.1. The van der Waals surface area contributed by atoms with Gasteiger partial charge in [0.15, 0.2) is 11.0 Å². The number of aromatic nitrogens is 3. The van der Waals surface area contributed by atoms with E-state index in [1.807, 2.05) is 68.7 Å². The predicted molar refractivity (Wildman–Crippen MR) is 145 cm³/mol. The predicted octanol–water partition coefficient (Wildman–Crippen LogP) is 5.70. The van der Waals surface area contributed by atoms with E-state index in [0.29, 0.717) is 23.1 Å². The summed E-state index contributed by atoms with van der Waals surface area (Å²) in [5.74, 6) is 0.566. The number of amides is 2. The van der Waals surface area contributed by atoms with Gasteiger partial charge in [-0.3, -0.25) is 9.59 Å². The number of hydrogen-bond acceptors (Lipinski definition) is 5. The zero-order valence-corrected chi connectivity index (χ0v) is 22.7. The zero-order chi connectivity index (χ0) is 25.5. The van der Waals surface area contributed by atoms with Crippen molar-refractivity contribution in [1.82, 2.24) is 20.1 Å². The standard InChI is InChI=1S/C26H30BrN5O2S/c1-6-12-32-24(23(16(2)3)29-25(34)19-9-7-8-17(4)13-19)30-31-26(32)35-15-22(33)28-20-10-11-21(27)18(5)14-20/h6-11,13-14,16,23H,1,12,15H2,2-5H3,(H,28,33)(H,29,34)/t23-/m1/s1. The van der Waals surface area contributed by atoms with Gasteiger partial charge in [-0.25, -0.2) is 0 Å². The Morgan fingerprint density at radius 1 is 1.17 bits per heavy atom. The molecule has 0 radical (unpaired) electrons. The number of nitrogens with zero attached hydrogens (tertiary/aromatic N) is 3. The zero-order valence-electron chi connectivity index (χ0n) is 20.3. The van der Waals surface area contributed by atoms with Crippen LogP contribution < -0.4 is 10.6 Å². The van der Waals surface area contributed by atoms with Gasteiger partial charge in [0, 0.05) is 22.3 Å². The number of carbonyl (C=O) groups is 2. The Morgan fingerprint density at radius 2 is 1.94 bits per heavy atom. The molecule has 0 aliphatic rings. The average Bonchev–Trinajstić information content (AvgIpc) is 3.20. The number of carbonyl (C=O) groups excluding carboxylic acids is 2. The van der Waals surface area contributed by atoms with Gasteiger partial charge in [-0.15, -0.1) is 16.8 Å². The van der Waals surface area contributed by atoms with E-state index in [9.17, 15) is 9.59 Å². The normalized spacial score (nSPS) is 11.8. The van der Waals surface area contributed by atoms with Crippen LogP contribution in [0.1, 0.15) is 47.2 Å². The number of aryl methyl sites for hydroxylation is 2. The molecule has 184 valence electrons. The second kappa shape index (κ2) is 12.2. The highest BCUT2D eigenvalue weighted by molar-refractivity contribution is 9.10. The van der Waals surface area contributed by atoms with Gasteiger partial charge < -0.3 is 15.2 Å². The highest BCUT2D eigenvalue weighted by atomic mass is 79.9. The van der Waals surface area contributed by atoms with Crippen molar-refractivity contribution in [3.05, 3.63) is 82.1 Å². The lowest BCUT2D eigenvalue weighted by molar-refractivity contribution is -0.113. The van der Waals surface area contributed by atoms with E-state index in [2.05, 4.69) is 43.3 Å². The topological polar surface area (TPSA) is 88.9 Å². The maximum Gasteiger partial charge on any atom is 0.251 e. The Hall–Kier alpha value is -2.91. The van der Waals surface area contributed by atoms with E-state index < -0.39 is 0 Å². The molecule has 1 heterocycles. The van der Waals surface area contributed by atoms with E-state index in [-0.39, 0.29) is 29.5 Å². The molecular weight excluding hydrogens is 526 g/mol. The van der Waals surface area contributed by atoms with Crippen LogP contribution in [-0.2, 0) is 11.3 Å². The van der Waals surface area contributed by atoms with Crippen LogP contribution in [0.25, 0.3) is 0 Å². The molecule has 0 aliphatic carbocycles. The maximum absolute atomic E-state index is 12.9. The van der Waals surface area contributed by atoms with Crippen LogP contribution in [0.4, 0.5) is 5.69 Å². The maximum atomic E-state index is 12.9. The van der Waals surface area contributed by atoms with Crippen LogP contribution in [0.2, 0.25) is 0 Å². The van der Waals surface area contributed by atoms with Gasteiger partial charge >= 0.3 is 0 Å². The summed E-state index contributed by atoms with van der Waals surface area (Å²) in [7, 11) is 0. The molecule has 2 amide bonds. The van der Waals surface area contributed by atoms with E-state index in [4.69, 9.17) is 0 Å². The van der Waals surface area contributed by atoms with Gasteiger partial charge in [0.05, 0.1) is 11.8 Å². The molecule has 0 saturated carbocycles. The molecule has 9 heteroatoms. The van der Waals surface area contributed by atoms with Crippen LogP contribution in [0.5, 0.6) is 0 Å². The summed E-state index contributed by atoms with van der Waals surface area (Å²) < 4.78 is 2.89. The molecule has 3 rings (SSSR count). The lowest BCUT2D eigenvalue weighted by Crippen LogP contribution is -2.34. The van der Waals surface area contributed by atoms with Crippen molar-refractivity contribution in [1.29, 1.82) is 0 Å². The fourth-order valence-electron chi connectivity index (χ4n) is 3.53. The summed E-state index contributed by atoms with van der Waals surface area (Å²) in [4.78, 5) is 25.5. The van der Waals surface area contributed by atoms with Crippen molar-refractivity contribution in [3.8, 4) is 0 Å². The summed E-state index contributed by atoms with van der Waals surface area (Å²) >= 11 is 4.76. The van der Waals surface area contributed by atoms with Gasteiger partial charge in [0.2, 0.25) is 5.91 Å². The third-order valence-corrected chi connectivity index (χ3v) is 7.20. The summed E-state index contributed by atoms with van der Waals surface area (Å²) in [6.07, 6.45) is 1.75. The van der Waals surface area contributed by atoms with Crippen LogP contribution in [0.15, 0.2) is 64.7 Å². The molecule has 1 aromatic heterocycles. The van der Waals surface area contributed by atoms with E-state index >= 15 is 0 Å². The van der Waals surface area contributed by atoms with Crippen LogP contribution >= 0.6 is 27.7 Å². The van der Waals surface area contributed by atoms with Gasteiger partial charge in [-0.2, -0.15) is 0 Å². The molecule has 1 atom stereocenters. The number of nitrogens with one attached hydrogen (secondary N) is 2. The Labute approximate surface area is 218 Å². The molecule has 0 fully saturated rings. The van der Waals surface area contributed by atoms with Gasteiger partial charge in [-0.1, -0.05) is 65.3 Å². The highest BCUT2D eigenvalue weighted by Gasteiger charge is 2.26. The van der Waals surface area contributed by atoms with Gasteiger partial charge in [0.1, 0.15) is 0 Å². The van der Waals surface area contributed by atoms with Crippen LogP contribution in [0, 0.1) is 19.8 Å². The molecule has 0 saturated heterocycles. The lowest BCUT2D eigenvalue weighted by Gasteiger charge is -2.22. The van der Waals surface area contributed by atoms with Crippen molar-refractivity contribution in [2.75, 3.05) is 11.1 Å². The van der Waals surface area contributed by atoms with E-state index in [1.54, 1.807) is 12.1 Å². The number of rotatable bonds is 10. The quantitative estimate of drug-likeness (QED) is 0.247. The fraction of sp³-hybridized carbons (Fsp3) is 0.308. The monoisotopic (exact) mass is 555 g/mol. The number of allylic oxidation sites excluding steroid dienone is 1. The number of hydrogen-bond donors (Lipinski definition) is 2. The Morgan fingerprint density at radius 3 is 2.60 bits per heavy atom. The third kappa shape index (κ3) is 7.05. The Kier molecular flexibility index (Phi) is 9.28. The number of thioether (sulfide) groups is 1. The second-order valence-corrected chi connectivity index (χ2v) is 10.4. The second-order valence-electron chi connectivity index (χ2n) is 8.61. The van der Waals surface area contributed by atoms with Crippen molar-refractivity contribution in [2.24, 2.45) is 5.92 Å². The number of benzene rings is 2. The van der Waals surface area contributed by atoms with E-state index in [1.165, 1.54) is 11.8 Å². The van der Waals surface area contributed by atoms with Crippen molar-refractivity contribution in [3.63, 3.8) is 0 Å². The van der Waals surface area contributed by atoms with Crippen molar-refractivity contribution < 1.29 is 9.59 Å². The summed E-state index contributed by atoms with van der Waals surface area (Å²) in [5, 5.41) is 15.3. The first-order valence-electron chi connectivity index (χ1n) is 11.3. The molecule has 0 unspecified atom stereocenters. The SMILES string of the molecule is C=CCn1c(SCC(=O)Nc2ccc(Br)c(C)c2)nnc1[C@H](NC(=O)c1cccc(C)c1)C(C)C. The van der Waals surface area contributed by atoms with Gasteiger partial charge in [-0.05, 0) is 55.7 Å². The third-order valence-electron chi connectivity index (χ3n) is 5.34. The summed E-state index contributed by atoms with van der Waals surface area (Å²) in [6.45, 7) is 12.3. The summed E-state index contributed by atoms with van der Waals surface area (Å²) in [5.41, 5.74) is 3.39. The minimum atomic E-state index is -0.357.